The monoisotopic (exact) mass is 512 g/mol. The molecule has 8 heteroatoms. The van der Waals surface area contributed by atoms with Gasteiger partial charge in [-0.3, -0.25) is 9.97 Å². The van der Waals surface area contributed by atoms with Gasteiger partial charge >= 0.3 is 0 Å². The summed E-state index contributed by atoms with van der Waals surface area (Å²) in [5, 5.41) is 11.6. The third-order valence-corrected chi connectivity index (χ3v) is 7.07. The number of nitrogens with zero attached hydrogens (tertiary/aromatic N) is 4. The van der Waals surface area contributed by atoms with Gasteiger partial charge in [-0.25, -0.2) is 4.98 Å². The Morgan fingerprint density at radius 1 is 0.718 bits per heavy atom. The number of H-pyrrole nitrogens is 1. The van der Waals surface area contributed by atoms with Crippen LogP contribution in [0.15, 0.2) is 97.5 Å². The highest BCUT2D eigenvalue weighted by Crippen LogP contribution is 2.31. The van der Waals surface area contributed by atoms with E-state index in [9.17, 15) is 0 Å². The molecule has 4 heterocycles. The topological polar surface area (TPSA) is 93.8 Å². The van der Waals surface area contributed by atoms with Gasteiger partial charge in [-0.2, -0.15) is 0 Å². The van der Waals surface area contributed by atoms with E-state index in [2.05, 4.69) is 84.3 Å². The molecular formula is C31H28N8. The van der Waals surface area contributed by atoms with Crippen LogP contribution in [0.25, 0.3) is 33.3 Å². The molecule has 0 radical (unpaired) electrons. The Hall–Kier alpha value is -4.95. The second-order valence-electron chi connectivity index (χ2n) is 9.68. The fourth-order valence-corrected chi connectivity index (χ4v) is 5.09. The molecule has 1 saturated heterocycles. The number of pyridine rings is 2. The lowest BCUT2D eigenvalue weighted by atomic mass is 10.1. The van der Waals surface area contributed by atoms with E-state index in [0.29, 0.717) is 0 Å². The van der Waals surface area contributed by atoms with Crippen molar-refractivity contribution in [2.24, 2.45) is 0 Å². The minimum atomic E-state index is 0.829. The first kappa shape index (κ1) is 23.2. The van der Waals surface area contributed by atoms with Crippen LogP contribution in [0.1, 0.15) is 0 Å². The van der Waals surface area contributed by atoms with Gasteiger partial charge in [-0.15, -0.1) is 0 Å². The van der Waals surface area contributed by atoms with Crippen LogP contribution in [0.2, 0.25) is 0 Å². The zero-order chi connectivity index (χ0) is 26.0. The fourth-order valence-electron chi connectivity index (χ4n) is 5.09. The summed E-state index contributed by atoms with van der Waals surface area (Å²) in [6.07, 6.45) is 5.41. The molecule has 0 saturated carbocycles. The van der Waals surface area contributed by atoms with Gasteiger partial charge in [0.05, 0.1) is 16.6 Å². The van der Waals surface area contributed by atoms with Gasteiger partial charge in [0.2, 0.25) is 0 Å². The largest absolute Gasteiger partial charge is 0.369 e. The lowest BCUT2D eigenvalue weighted by molar-refractivity contribution is 0.589. The van der Waals surface area contributed by atoms with E-state index in [1.807, 2.05) is 36.5 Å². The summed E-state index contributed by atoms with van der Waals surface area (Å²) < 4.78 is 0. The first-order chi connectivity index (χ1) is 19.3. The van der Waals surface area contributed by atoms with Gasteiger partial charge in [-0.05, 0) is 66.7 Å². The molecule has 3 aromatic heterocycles. The van der Waals surface area contributed by atoms with E-state index in [1.54, 1.807) is 12.4 Å². The van der Waals surface area contributed by atoms with Crippen molar-refractivity contribution < 1.29 is 0 Å². The first-order valence-electron chi connectivity index (χ1n) is 13.2. The van der Waals surface area contributed by atoms with E-state index in [-0.39, 0.29) is 0 Å². The highest BCUT2D eigenvalue weighted by molar-refractivity contribution is 5.95. The molecule has 4 N–H and O–H groups in total. The van der Waals surface area contributed by atoms with Crippen LogP contribution in [0.5, 0.6) is 0 Å². The highest BCUT2D eigenvalue weighted by Gasteiger charge is 2.13. The Labute approximate surface area is 226 Å². The predicted molar refractivity (Wildman–Crippen MR) is 159 cm³/mol. The third kappa shape index (κ3) is 4.85. The quantitative estimate of drug-likeness (QED) is 0.215. The van der Waals surface area contributed by atoms with E-state index < -0.39 is 0 Å². The van der Waals surface area contributed by atoms with Crippen molar-refractivity contribution in [2.45, 2.75) is 0 Å². The van der Waals surface area contributed by atoms with Crippen molar-refractivity contribution in [3.05, 3.63) is 97.5 Å². The van der Waals surface area contributed by atoms with Crippen molar-refractivity contribution >= 4 is 50.4 Å². The van der Waals surface area contributed by atoms with E-state index in [0.717, 1.165) is 82.3 Å². The predicted octanol–water partition coefficient (Wildman–Crippen LogP) is 6.07. The zero-order valence-corrected chi connectivity index (χ0v) is 21.4. The molecule has 0 aliphatic carbocycles. The van der Waals surface area contributed by atoms with E-state index in [1.165, 1.54) is 5.69 Å². The molecule has 39 heavy (non-hydrogen) atoms. The molecule has 6 aromatic rings. The number of piperazine rings is 1. The van der Waals surface area contributed by atoms with Gasteiger partial charge in [0, 0.05) is 84.2 Å². The van der Waals surface area contributed by atoms with E-state index in [4.69, 9.17) is 4.98 Å². The molecule has 0 unspecified atom stereocenters. The molecule has 0 amide bonds. The molecule has 1 fully saturated rings. The molecule has 0 spiro atoms. The van der Waals surface area contributed by atoms with Crippen molar-refractivity contribution in [3.63, 3.8) is 0 Å². The number of hydrogen-bond acceptors (Lipinski definition) is 7. The van der Waals surface area contributed by atoms with Gasteiger partial charge < -0.3 is 25.8 Å². The Balaban J connectivity index is 1.16. The number of hydrogen-bond donors (Lipinski definition) is 4. The summed E-state index contributed by atoms with van der Waals surface area (Å²) in [4.78, 5) is 19.4. The van der Waals surface area contributed by atoms with Gasteiger partial charge in [0.1, 0.15) is 5.82 Å². The number of nitrogens with one attached hydrogen (secondary N) is 4. The number of rotatable bonds is 6. The summed E-state index contributed by atoms with van der Waals surface area (Å²) in [7, 11) is 0. The van der Waals surface area contributed by atoms with Crippen LogP contribution in [-0.4, -0.2) is 46.1 Å². The summed E-state index contributed by atoms with van der Waals surface area (Å²) >= 11 is 0. The lowest BCUT2D eigenvalue weighted by Gasteiger charge is -2.29. The summed E-state index contributed by atoms with van der Waals surface area (Å²) in [5.74, 6) is 0.829. The third-order valence-electron chi connectivity index (χ3n) is 7.07. The number of aromatic amines is 1. The van der Waals surface area contributed by atoms with Crippen molar-refractivity contribution in [3.8, 4) is 11.4 Å². The molecule has 8 nitrogen and oxygen atoms in total. The molecule has 1 aliphatic rings. The van der Waals surface area contributed by atoms with Gasteiger partial charge in [0.15, 0.2) is 0 Å². The van der Waals surface area contributed by atoms with Crippen LogP contribution in [-0.2, 0) is 0 Å². The van der Waals surface area contributed by atoms with Crippen LogP contribution in [0, 0.1) is 0 Å². The minimum absolute atomic E-state index is 0.829. The second kappa shape index (κ2) is 10.1. The van der Waals surface area contributed by atoms with Crippen molar-refractivity contribution in [1.82, 2.24) is 25.3 Å². The average molecular weight is 513 g/mol. The Kier molecular flexibility index (Phi) is 5.99. The summed E-state index contributed by atoms with van der Waals surface area (Å²) in [6, 6.07) is 26.9. The van der Waals surface area contributed by atoms with E-state index >= 15 is 0 Å². The average Bonchev–Trinajstić information content (AvgIpc) is 3.42. The molecule has 0 atom stereocenters. The SMILES string of the molecule is c1cc(Nc2ccnc3ccc(N4CCNCC4)cc23)cc(-c2nc3ccc(Nc4ccncc4)cc3[nH]2)c1. The highest BCUT2D eigenvalue weighted by atomic mass is 15.2. The molecule has 1 aliphatic heterocycles. The number of fused-ring (bicyclic) bond motifs is 2. The molecule has 3 aromatic carbocycles. The van der Waals surface area contributed by atoms with Gasteiger partial charge in [0.25, 0.3) is 0 Å². The number of imidazole rings is 1. The number of anilines is 5. The maximum atomic E-state index is 4.85. The standard InChI is InChI=1S/C31H28N8/c1-2-21(31-37-29-6-4-24(19-30(29)38-31)35-22-8-11-32-12-9-22)18-23(3-1)36-28-10-13-34-27-7-5-25(20-26(27)28)39-16-14-33-15-17-39/h1-13,18-20,33H,14-17H2,(H,32,35)(H,34,36)(H,37,38). The molecule has 192 valence electrons. The zero-order valence-electron chi connectivity index (χ0n) is 21.4. The Morgan fingerprint density at radius 2 is 1.56 bits per heavy atom. The maximum Gasteiger partial charge on any atom is 0.138 e. The maximum absolute atomic E-state index is 4.85. The molecule has 7 rings (SSSR count). The van der Waals surface area contributed by atoms with Crippen LogP contribution in [0.4, 0.5) is 28.4 Å². The second-order valence-corrected chi connectivity index (χ2v) is 9.68. The lowest BCUT2D eigenvalue weighted by Crippen LogP contribution is -2.43. The fraction of sp³-hybridized carbons (Fsp3) is 0.129. The van der Waals surface area contributed by atoms with Crippen LogP contribution in [0.3, 0.4) is 0 Å². The smallest absolute Gasteiger partial charge is 0.138 e. The Morgan fingerprint density at radius 3 is 2.46 bits per heavy atom. The van der Waals surface area contributed by atoms with Crippen LogP contribution < -0.4 is 20.9 Å². The molecular weight excluding hydrogens is 484 g/mol. The van der Waals surface area contributed by atoms with Crippen molar-refractivity contribution in [1.29, 1.82) is 0 Å². The first-order valence-corrected chi connectivity index (χ1v) is 13.2. The summed E-state index contributed by atoms with van der Waals surface area (Å²) in [5.41, 5.74) is 9.12. The van der Waals surface area contributed by atoms with Crippen molar-refractivity contribution in [2.75, 3.05) is 41.7 Å². The minimum Gasteiger partial charge on any atom is -0.369 e. The number of benzene rings is 3. The Bertz CT molecular complexity index is 1760. The van der Waals surface area contributed by atoms with Gasteiger partial charge in [-0.1, -0.05) is 12.1 Å². The normalized spacial score (nSPS) is 13.6. The summed E-state index contributed by atoms with van der Waals surface area (Å²) in [6.45, 7) is 4.03. The molecule has 0 bridgehead atoms. The van der Waals surface area contributed by atoms with Crippen LogP contribution >= 0.6 is 0 Å². The number of aromatic nitrogens is 4.